The SMILES string of the molecule is C=CCNc1ccc(C(=O)N2CCN(c3ccc(F)cc3)CC2)nn1. The van der Waals surface area contributed by atoms with Crippen molar-refractivity contribution in [2.24, 2.45) is 0 Å². The molecule has 0 spiro atoms. The molecule has 1 fully saturated rings. The molecule has 0 aliphatic carbocycles. The van der Waals surface area contributed by atoms with Gasteiger partial charge in [0, 0.05) is 38.4 Å². The molecular formula is C18H20FN5O. The molecular weight excluding hydrogens is 321 g/mol. The Morgan fingerprint density at radius 2 is 1.84 bits per heavy atom. The van der Waals surface area contributed by atoms with E-state index in [1.54, 1.807) is 35.2 Å². The number of benzene rings is 1. The molecule has 1 aromatic carbocycles. The van der Waals surface area contributed by atoms with Crippen LogP contribution in [0.25, 0.3) is 0 Å². The smallest absolute Gasteiger partial charge is 0.274 e. The van der Waals surface area contributed by atoms with Gasteiger partial charge in [-0.2, -0.15) is 0 Å². The van der Waals surface area contributed by atoms with Crippen molar-refractivity contribution in [3.05, 3.63) is 60.6 Å². The van der Waals surface area contributed by atoms with Gasteiger partial charge in [-0.15, -0.1) is 16.8 Å². The van der Waals surface area contributed by atoms with Crippen molar-refractivity contribution >= 4 is 17.4 Å². The third-order valence-corrected chi connectivity index (χ3v) is 4.07. The molecule has 130 valence electrons. The molecule has 1 aliphatic rings. The van der Waals surface area contributed by atoms with Crippen molar-refractivity contribution in [2.45, 2.75) is 0 Å². The maximum absolute atomic E-state index is 13.0. The van der Waals surface area contributed by atoms with E-state index in [1.807, 2.05) is 0 Å². The van der Waals surface area contributed by atoms with Crippen LogP contribution in [-0.4, -0.2) is 53.7 Å². The molecule has 1 N–H and O–H groups in total. The molecule has 1 amide bonds. The van der Waals surface area contributed by atoms with Crippen LogP contribution in [0.4, 0.5) is 15.9 Å². The van der Waals surface area contributed by atoms with Gasteiger partial charge in [-0.3, -0.25) is 4.79 Å². The lowest BCUT2D eigenvalue weighted by atomic mass is 10.2. The number of rotatable bonds is 5. The number of amides is 1. The Morgan fingerprint density at radius 3 is 2.44 bits per heavy atom. The van der Waals surface area contributed by atoms with E-state index in [1.165, 1.54) is 12.1 Å². The number of nitrogens with zero attached hydrogens (tertiary/aromatic N) is 4. The number of piperazine rings is 1. The first-order chi connectivity index (χ1) is 12.2. The summed E-state index contributed by atoms with van der Waals surface area (Å²) in [5.41, 5.74) is 1.30. The molecule has 0 radical (unpaired) electrons. The summed E-state index contributed by atoms with van der Waals surface area (Å²) in [5, 5.41) is 11.0. The highest BCUT2D eigenvalue weighted by Crippen LogP contribution is 2.17. The van der Waals surface area contributed by atoms with Crippen LogP contribution < -0.4 is 10.2 Å². The second-order valence-corrected chi connectivity index (χ2v) is 5.73. The van der Waals surface area contributed by atoms with Gasteiger partial charge in [0.1, 0.15) is 11.6 Å². The zero-order valence-electron chi connectivity index (χ0n) is 13.9. The van der Waals surface area contributed by atoms with Crippen molar-refractivity contribution < 1.29 is 9.18 Å². The zero-order valence-corrected chi connectivity index (χ0v) is 13.9. The standard InChI is InChI=1S/C18H20FN5O/c1-2-9-20-17-8-7-16(21-22-17)18(25)24-12-10-23(11-13-24)15-5-3-14(19)4-6-15/h2-8H,1,9-13H2,(H,20,22). The lowest BCUT2D eigenvalue weighted by Crippen LogP contribution is -2.49. The van der Waals surface area contributed by atoms with Gasteiger partial charge in [0.05, 0.1) is 0 Å². The minimum absolute atomic E-state index is 0.124. The first-order valence-corrected chi connectivity index (χ1v) is 8.15. The molecule has 0 saturated carbocycles. The van der Waals surface area contributed by atoms with E-state index in [-0.39, 0.29) is 11.7 Å². The molecule has 25 heavy (non-hydrogen) atoms. The fourth-order valence-electron chi connectivity index (χ4n) is 2.70. The Kier molecular flexibility index (Phi) is 5.23. The van der Waals surface area contributed by atoms with Gasteiger partial charge in [-0.1, -0.05) is 6.08 Å². The fraction of sp³-hybridized carbons (Fsp3) is 0.278. The number of aromatic nitrogens is 2. The molecule has 2 aromatic rings. The lowest BCUT2D eigenvalue weighted by Gasteiger charge is -2.35. The molecule has 7 heteroatoms. The van der Waals surface area contributed by atoms with Gasteiger partial charge in [0.15, 0.2) is 5.69 Å². The Morgan fingerprint density at radius 1 is 1.12 bits per heavy atom. The van der Waals surface area contributed by atoms with Crippen LogP contribution in [0.5, 0.6) is 0 Å². The van der Waals surface area contributed by atoms with Crippen molar-refractivity contribution in [1.29, 1.82) is 0 Å². The molecule has 3 rings (SSSR count). The monoisotopic (exact) mass is 341 g/mol. The second kappa shape index (κ2) is 7.74. The lowest BCUT2D eigenvalue weighted by molar-refractivity contribution is 0.0739. The van der Waals surface area contributed by atoms with Gasteiger partial charge < -0.3 is 15.1 Å². The van der Waals surface area contributed by atoms with E-state index in [2.05, 4.69) is 27.0 Å². The summed E-state index contributed by atoms with van der Waals surface area (Å²) < 4.78 is 13.0. The summed E-state index contributed by atoms with van der Waals surface area (Å²) in [6.45, 7) is 6.79. The van der Waals surface area contributed by atoms with E-state index in [9.17, 15) is 9.18 Å². The number of carbonyl (C=O) groups is 1. The highest BCUT2D eigenvalue weighted by atomic mass is 19.1. The molecule has 2 heterocycles. The normalized spacial score (nSPS) is 14.3. The number of hydrogen-bond acceptors (Lipinski definition) is 5. The molecule has 1 aromatic heterocycles. The molecule has 1 saturated heterocycles. The third-order valence-electron chi connectivity index (χ3n) is 4.07. The predicted octanol–water partition coefficient (Wildman–Crippen LogP) is 2.18. The Balaban J connectivity index is 1.57. The number of nitrogens with one attached hydrogen (secondary N) is 1. The Bertz CT molecular complexity index is 724. The minimum atomic E-state index is -0.248. The summed E-state index contributed by atoms with van der Waals surface area (Å²) in [5.74, 6) is 0.237. The van der Waals surface area contributed by atoms with Crippen LogP contribution in [0.2, 0.25) is 0 Å². The van der Waals surface area contributed by atoms with E-state index >= 15 is 0 Å². The number of anilines is 2. The van der Waals surface area contributed by atoms with Crippen molar-refractivity contribution in [2.75, 3.05) is 42.9 Å². The van der Waals surface area contributed by atoms with Crippen LogP contribution >= 0.6 is 0 Å². The van der Waals surface area contributed by atoms with E-state index in [0.717, 1.165) is 5.69 Å². The first kappa shape index (κ1) is 16.9. The van der Waals surface area contributed by atoms with Crippen molar-refractivity contribution in [3.63, 3.8) is 0 Å². The summed E-state index contributed by atoms with van der Waals surface area (Å²) in [4.78, 5) is 16.4. The average molecular weight is 341 g/mol. The quantitative estimate of drug-likeness (QED) is 0.845. The number of halogens is 1. The second-order valence-electron chi connectivity index (χ2n) is 5.73. The highest BCUT2D eigenvalue weighted by molar-refractivity contribution is 5.92. The minimum Gasteiger partial charge on any atom is -0.368 e. The van der Waals surface area contributed by atoms with E-state index in [4.69, 9.17) is 0 Å². The van der Waals surface area contributed by atoms with Gasteiger partial charge in [-0.05, 0) is 36.4 Å². The first-order valence-electron chi connectivity index (χ1n) is 8.15. The third kappa shape index (κ3) is 4.12. The molecule has 1 aliphatic heterocycles. The van der Waals surface area contributed by atoms with Crippen LogP contribution in [0.3, 0.4) is 0 Å². The van der Waals surface area contributed by atoms with E-state index < -0.39 is 0 Å². The highest BCUT2D eigenvalue weighted by Gasteiger charge is 2.23. The summed E-state index contributed by atoms with van der Waals surface area (Å²) >= 11 is 0. The largest absolute Gasteiger partial charge is 0.368 e. The molecule has 0 bridgehead atoms. The maximum atomic E-state index is 13.0. The zero-order chi connectivity index (χ0) is 17.6. The van der Waals surface area contributed by atoms with Gasteiger partial charge >= 0.3 is 0 Å². The molecule has 0 atom stereocenters. The fourth-order valence-corrected chi connectivity index (χ4v) is 2.70. The van der Waals surface area contributed by atoms with Crippen molar-refractivity contribution in [3.8, 4) is 0 Å². The van der Waals surface area contributed by atoms with Crippen molar-refractivity contribution in [1.82, 2.24) is 15.1 Å². The Hall–Kier alpha value is -2.96. The van der Waals surface area contributed by atoms with Gasteiger partial charge in [-0.25, -0.2) is 4.39 Å². The summed E-state index contributed by atoms with van der Waals surface area (Å²) in [6, 6.07) is 9.82. The average Bonchev–Trinajstić information content (AvgIpc) is 2.67. The van der Waals surface area contributed by atoms with Crippen LogP contribution in [-0.2, 0) is 0 Å². The summed E-state index contributed by atoms with van der Waals surface area (Å²) in [7, 11) is 0. The predicted molar refractivity (Wildman–Crippen MR) is 95.2 cm³/mol. The number of carbonyl (C=O) groups excluding carboxylic acids is 1. The van der Waals surface area contributed by atoms with E-state index in [0.29, 0.717) is 44.2 Å². The number of hydrogen-bond donors (Lipinski definition) is 1. The topological polar surface area (TPSA) is 61.4 Å². The Labute approximate surface area is 146 Å². The molecule has 6 nitrogen and oxygen atoms in total. The van der Waals surface area contributed by atoms with Crippen LogP contribution in [0, 0.1) is 5.82 Å². The summed E-state index contributed by atoms with van der Waals surface area (Å²) in [6.07, 6.45) is 1.72. The van der Waals surface area contributed by atoms with Crippen LogP contribution in [0.1, 0.15) is 10.5 Å². The van der Waals surface area contributed by atoms with Gasteiger partial charge in [0.25, 0.3) is 5.91 Å². The van der Waals surface area contributed by atoms with Crippen LogP contribution in [0.15, 0.2) is 49.1 Å². The maximum Gasteiger partial charge on any atom is 0.274 e. The van der Waals surface area contributed by atoms with Gasteiger partial charge in [0.2, 0.25) is 0 Å². The molecule has 0 unspecified atom stereocenters.